The summed E-state index contributed by atoms with van der Waals surface area (Å²) in [6.45, 7) is 2.20. The molecule has 1 saturated carbocycles. The van der Waals surface area contributed by atoms with Crippen LogP contribution in [0.1, 0.15) is 88.9 Å². The highest BCUT2D eigenvalue weighted by Gasteiger charge is 2.29. The van der Waals surface area contributed by atoms with Crippen molar-refractivity contribution in [2.24, 2.45) is 0 Å². The third-order valence-electron chi connectivity index (χ3n) is 6.43. The molecule has 0 amide bonds. The molecule has 2 atom stereocenters. The third kappa shape index (κ3) is 10.1. The van der Waals surface area contributed by atoms with E-state index in [4.69, 9.17) is 23.7 Å². The molecule has 1 aliphatic carbocycles. The zero-order valence-electron chi connectivity index (χ0n) is 20.0. The van der Waals surface area contributed by atoms with E-state index in [1.165, 1.54) is 54.9 Å². The Balaban J connectivity index is 1.76. The highest BCUT2D eigenvalue weighted by molar-refractivity contribution is 14.1. The molecule has 3 aliphatic rings. The van der Waals surface area contributed by atoms with Crippen LogP contribution in [0, 0.1) is 7.14 Å². The van der Waals surface area contributed by atoms with Crippen molar-refractivity contribution in [2.75, 3.05) is 33.5 Å². The summed E-state index contributed by atoms with van der Waals surface area (Å²) in [5.41, 5.74) is 1.02. The molecule has 33 heavy (non-hydrogen) atoms. The van der Waals surface area contributed by atoms with Crippen molar-refractivity contribution in [3.8, 4) is 5.75 Å². The zero-order chi connectivity index (χ0) is 23.3. The van der Waals surface area contributed by atoms with Crippen molar-refractivity contribution in [1.82, 2.24) is 0 Å². The van der Waals surface area contributed by atoms with Gasteiger partial charge in [-0.25, -0.2) is 0 Å². The maximum atomic E-state index is 6.71. The van der Waals surface area contributed by atoms with Gasteiger partial charge in [-0.15, -0.1) is 0 Å². The van der Waals surface area contributed by atoms with Gasteiger partial charge in [0.05, 0.1) is 41.2 Å². The summed E-state index contributed by atoms with van der Waals surface area (Å²) in [5.74, 6) is 0.871. The van der Waals surface area contributed by atoms with Gasteiger partial charge in [0.25, 0.3) is 0 Å². The fourth-order valence-electron chi connectivity index (χ4n) is 4.64. The van der Waals surface area contributed by atoms with Crippen LogP contribution in [-0.2, 0) is 18.9 Å². The number of rotatable bonds is 8. The van der Waals surface area contributed by atoms with E-state index in [9.17, 15) is 0 Å². The summed E-state index contributed by atoms with van der Waals surface area (Å²) in [6, 6.07) is 4.32. The third-order valence-corrected chi connectivity index (χ3v) is 7.86. The normalized spacial score (nSPS) is 25.4. The first-order chi connectivity index (χ1) is 16.2. The lowest BCUT2D eigenvalue weighted by molar-refractivity contribution is -0.215. The lowest BCUT2D eigenvalue weighted by Gasteiger charge is -2.33. The first-order valence-corrected chi connectivity index (χ1v) is 14.8. The number of benzene rings is 1. The average Bonchev–Trinajstić information content (AvgIpc) is 2.78. The Labute approximate surface area is 227 Å². The van der Waals surface area contributed by atoms with Crippen molar-refractivity contribution in [3.05, 3.63) is 24.8 Å². The highest BCUT2D eigenvalue weighted by Crippen LogP contribution is 2.39. The Morgan fingerprint density at radius 2 is 1.33 bits per heavy atom. The summed E-state index contributed by atoms with van der Waals surface area (Å²) in [5, 5.41) is 0. The molecule has 2 saturated heterocycles. The summed E-state index contributed by atoms with van der Waals surface area (Å²) < 4.78 is 32.6. The van der Waals surface area contributed by atoms with Crippen molar-refractivity contribution < 1.29 is 23.7 Å². The molecule has 1 aromatic rings. The van der Waals surface area contributed by atoms with Gasteiger partial charge in [0.15, 0.2) is 6.29 Å². The fourth-order valence-corrected chi connectivity index (χ4v) is 6.69. The molecule has 2 unspecified atom stereocenters. The first kappa shape index (κ1) is 27.9. The van der Waals surface area contributed by atoms with Crippen LogP contribution in [-0.4, -0.2) is 45.7 Å². The molecule has 1 aromatic carbocycles. The van der Waals surface area contributed by atoms with Gasteiger partial charge in [0.2, 0.25) is 0 Å². The summed E-state index contributed by atoms with van der Waals surface area (Å²) in [7, 11) is 1.68. The molecule has 2 heterocycles. The van der Waals surface area contributed by atoms with Crippen molar-refractivity contribution in [2.45, 2.75) is 95.5 Å². The lowest BCUT2D eigenvalue weighted by Crippen LogP contribution is -2.28. The molecule has 188 valence electrons. The molecule has 0 N–H and O–H groups in total. The van der Waals surface area contributed by atoms with Crippen LogP contribution >= 0.6 is 45.2 Å². The van der Waals surface area contributed by atoms with Gasteiger partial charge in [-0.2, -0.15) is 0 Å². The minimum atomic E-state index is -0.379. The van der Waals surface area contributed by atoms with Gasteiger partial charge in [-0.05, 0) is 89.4 Å². The smallest absolute Gasteiger partial charge is 0.188 e. The van der Waals surface area contributed by atoms with Crippen molar-refractivity contribution >= 4 is 45.2 Å². The Kier molecular flexibility index (Phi) is 13.6. The molecule has 3 fully saturated rings. The van der Waals surface area contributed by atoms with Crippen molar-refractivity contribution in [3.63, 3.8) is 0 Å². The fraction of sp³-hybridized carbons (Fsp3) is 0.769. The number of hydrogen-bond acceptors (Lipinski definition) is 5. The van der Waals surface area contributed by atoms with Crippen LogP contribution < -0.4 is 4.74 Å². The van der Waals surface area contributed by atoms with Gasteiger partial charge in [-0.1, -0.05) is 44.9 Å². The molecule has 2 bridgehead atoms. The highest BCUT2D eigenvalue weighted by atomic mass is 127. The molecule has 7 heteroatoms. The number of ether oxygens (including phenoxy) is 5. The molecular formula is C26H40I2O5. The van der Waals surface area contributed by atoms with E-state index in [2.05, 4.69) is 57.3 Å². The quantitative estimate of drug-likeness (QED) is 0.211. The minimum absolute atomic E-state index is 0.250. The second-order valence-corrected chi connectivity index (χ2v) is 11.5. The van der Waals surface area contributed by atoms with Crippen LogP contribution in [0.4, 0.5) is 0 Å². The van der Waals surface area contributed by atoms with Crippen LogP contribution in [0.15, 0.2) is 12.1 Å². The Bertz CT molecular complexity index is 663. The predicted octanol–water partition coefficient (Wildman–Crippen LogP) is 7.42. The maximum Gasteiger partial charge on any atom is 0.188 e. The molecule has 0 aromatic heterocycles. The first-order valence-electron chi connectivity index (χ1n) is 12.7. The van der Waals surface area contributed by atoms with Crippen LogP contribution in [0.25, 0.3) is 0 Å². The molecule has 0 radical (unpaired) electrons. The van der Waals surface area contributed by atoms with Crippen molar-refractivity contribution in [1.29, 1.82) is 0 Å². The minimum Gasteiger partial charge on any atom is -0.490 e. The second-order valence-electron chi connectivity index (χ2n) is 9.09. The largest absolute Gasteiger partial charge is 0.490 e. The predicted molar refractivity (Wildman–Crippen MR) is 148 cm³/mol. The van der Waals surface area contributed by atoms with Gasteiger partial charge in [0, 0.05) is 10.7 Å². The standard InChI is InChI=1S/C26H40I2O5/c1-29-14-15-30-16-17-31-25-23(18-20(27)19-24(25)28)26-32-21-10-7-5-3-2-4-6-8-11-22(33-26)13-9-12-21/h18-19,21-22,26H,2-17H2,1H3. The molecule has 4 rings (SSSR count). The maximum absolute atomic E-state index is 6.71. The number of halogens is 2. The Hall–Kier alpha value is 0.320. The van der Waals surface area contributed by atoms with Gasteiger partial charge in [0.1, 0.15) is 12.4 Å². The number of fused-ring (bicyclic) bond motifs is 12. The molecule has 2 aliphatic heterocycles. The average molecular weight is 686 g/mol. The topological polar surface area (TPSA) is 46.2 Å². The lowest BCUT2D eigenvalue weighted by atomic mass is 9.97. The SMILES string of the molecule is COCCOCCOc1c(I)cc(I)cc1C1OC2CCCCCCCCCC(CCC2)O1. The molecular weight excluding hydrogens is 646 g/mol. The van der Waals surface area contributed by atoms with Gasteiger partial charge in [-0.3, -0.25) is 0 Å². The van der Waals surface area contributed by atoms with Crippen LogP contribution in [0.3, 0.4) is 0 Å². The van der Waals surface area contributed by atoms with E-state index in [0.717, 1.165) is 40.6 Å². The monoisotopic (exact) mass is 686 g/mol. The second kappa shape index (κ2) is 16.1. The molecule has 5 nitrogen and oxygen atoms in total. The van der Waals surface area contributed by atoms with Gasteiger partial charge < -0.3 is 23.7 Å². The van der Waals surface area contributed by atoms with E-state index in [1.807, 2.05) is 0 Å². The van der Waals surface area contributed by atoms with E-state index in [1.54, 1.807) is 7.11 Å². The van der Waals surface area contributed by atoms with Crippen LogP contribution in [0.5, 0.6) is 5.75 Å². The molecule has 0 spiro atoms. The summed E-state index contributed by atoms with van der Waals surface area (Å²) >= 11 is 4.75. The number of methoxy groups -OCH3 is 1. The van der Waals surface area contributed by atoms with E-state index in [-0.39, 0.29) is 18.5 Å². The van der Waals surface area contributed by atoms with E-state index < -0.39 is 0 Å². The number of hydrogen-bond donors (Lipinski definition) is 0. The zero-order valence-corrected chi connectivity index (χ0v) is 24.3. The Morgan fingerprint density at radius 1 is 0.758 bits per heavy atom. The summed E-state index contributed by atoms with van der Waals surface area (Å²) in [4.78, 5) is 0. The Morgan fingerprint density at radius 3 is 1.97 bits per heavy atom. The van der Waals surface area contributed by atoms with E-state index >= 15 is 0 Å². The van der Waals surface area contributed by atoms with Gasteiger partial charge >= 0.3 is 0 Å². The van der Waals surface area contributed by atoms with E-state index in [0.29, 0.717) is 26.4 Å². The van der Waals surface area contributed by atoms with Crippen LogP contribution in [0.2, 0.25) is 0 Å². The summed E-state index contributed by atoms with van der Waals surface area (Å²) in [6.07, 6.45) is 15.0.